The number of fused-ring (bicyclic) bond motifs is 1. The van der Waals surface area contributed by atoms with Gasteiger partial charge in [0.05, 0.1) is 12.5 Å². The van der Waals surface area contributed by atoms with Crippen LogP contribution in [0.25, 0.3) is 17.1 Å². The van der Waals surface area contributed by atoms with Crippen LogP contribution in [0.15, 0.2) is 29.1 Å². The number of pyridine rings is 1. The minimum absolute atomic E-state index is 0.0937. The highest BCUT2D eigenvalue weighted by Crippen LogP contribution is 2.29. The van der Waals surface area contributed by atoms with Crippen LogP contribution in [0.4, 0.5) is 8.78 Å². The molecular weight excluding hydrogens is 410 g/mol. The number of rotatable bonds is 7. The Morgan fingerprint density at radius 3 is 2.74 bits per heavy atom. The zero-order chi connectivity index (χ0) is 22.7. The number of ether oxygens (including phenoxy) is 2. The molecule has 1 amide bonds. The van der Waals surface area contributed by atoms with Gasteiger partial charge in [0.1, 0.15) is 0 Å². The third-order valence-electron chi connectivity index (χ3n) is 4.85. The molecule has 0 aliphatic heterocycles. The van der Waals surface area contributed by atoms with E-state index >= 15 is 0 Å². The first-order chi connectivity index (χ1) is 14.7. The van der Waals surface area contributed by atoms with E-state index in [0.29, 0.717) is 22.3 Å². The minimum Gasteiger partial charge on any atom is -0.493 e. The van der Waals surface area contributed by atoms with Crippen molar-refractivity contribution in [1.29, 1.82) is 0 Å². The SMILES string of the molecule is COc1cc(/C=C/C(=O)NCc2c(C)nc3c(c2C)c(=O)[nH]n3C)ccc1OC(F)F. The van der Waals surface area contributed by atoms with Gasteiger partial charge in [0, 0.05) is 25.4 Å². The number of aromatic nitrogens is 3. The van der Waals surface area contributed by atoms with Gasteiger partial charge < -0.3 is 14.8 Å². The van der Waals surface area contributed by atoms with E-state index in [0.717, 1.165) is 11.1 Å². The molecule has 0 aliphatic rings. The van der Waals surface area contributed by atoms with Crippen LogP contribution in [0.5, 0.6) is 11.5 Å². The van der Waals surface area contributed by atoms with E-state index in [1.54, 1.807) is 11.7 Å². The molecule has 0 aliphatic carbocycles. The number of H-pyrrole nitrogens is 1. The number of halogens is 2. The number of carbonyl (C=O) groups is 1. The third kappa shape index (κ3) is 4.73. The Hall–Kier alpha value is -3.69. The molecule has 0 saturated carbocycles. The normalized spacial score (nSPS) is 11.5. The largest absolute Gasteiger partial charge is 0.493 e. The molecule has 8 nitrogen and oxygen atoms in total. The second kappa shape index (κ2) is 8.99. The molecule has 2 heterocycles. The van der Waals surface area contributed by atoms with E-state index in [1.165, 1.54) is 37.5 Å². The molecule has 0 spiro atoms. The Labute approximate surface area is 176 Å². The monoisotopic (exact) mass is 432 g/mol. The van der Waals surface area contributed by atoms with Crippen molar-refractivity contribution in [3.63, 3.8) is 0 Å². The van der Waals surface area contributed by atoms with Crippen LogP contribution in [0.2, 0.25) is 0 Å². The van der Waals surface area contributed by atoms with Gasteiger partial charge in [0.2, 0.25) is 5.91 Å². The Kier molecular flexibility index (Phi) is 6.38. The number of benzene rings is 1. The quantitative estimate of drug-likeness (QED) is 0.560. The first-order valence-electron chi connectivity index (χ1n) is 9.34. The molecule has 0 radical (unpaired) electrons. The molecule has 0 saturated heterocycles. The van der Waals surface area contributed by atoms with Crippen molar-refractivity contribution in [3.05, 3.63) is 57.0 Å². The van der Waals surface area contributed by atoms with Gasteiger partial charge in [-0.25, -0.2) is 4.98 Å². The van der Waals surface area contributed by atoms with E-state index in [9.17, 15) is 18.4 Å². The average Bonchev–Trinajstić information content (AvgIpc) is 2.99. The number of aryl methyl sites for hydroxylation is 3. The van der Waals surface area contributed by atoms with Crippen molar-refractivity contribution >= 4 is 23.0 Å². The van der Waals surface area contributed by atoms with Crippen molar-refractivity contribution in [2.45, 2.75) is 27.0 Å². The molecule has 2 aromatic heterocycles. The molecule has 3 rings (SSSR count). The van der Waals surface area contributed by atoms with Crippen LogP contribution < -0.4 is 20.3 Å². The van der Waals surface area contributed by atoms with Crippen molar-refractivity contribution in [3.8, 4) is 11.5 Å². The number of methoxy groups -OCH3 is 1. The fraction of sp³-hybridized carbons (Fsp3) is 0.286. The van der Waals surface area contributed by atoms with Crippen molar-refractivity contribution in [2.24, 2.45) is 7.05 Å². The van der Waals surface area contributed by atoms with Crippen LogP contribution in [0.1, 0.15) is 22.4 Å². The Morgan fingerprint density at radius 1 is 1.32 bits per heavy atom. The van der Waals surface area contributed by atoms with Gasteiger partial charge in [-0.15, -0.1) is 0 Å². The second-order valence-corrected chi connectivity index (χ2v) is 6.84. The first-order valence-corrected chi connectivity index (χ1v) is 9.34. The summed E-state index contributed by atoms with van der Waals surface area (Å²) in [4.78, 5) is 28.9. The number of amides is 1. The molecule has 0 atom stereocenters. The first kappa shape index (κ1) is 22.0. The van der Waals surface area contributed by atoms with Crippen LogP contribution in [0.3, 0.4) is 0 Å². The van der Waals surface area contributed by atoms with E-state index < -0.39 is 6.61 Å². The lowest BCUT2D eigenvalue weighted by Crippen LogP contribution is -2.22. The summed E-state index contributed by atoms with van der Waals surface area (Å²) in [5.41, 5.74) is 3.13. The van der Waals surface area contributed by atoms with Crippen LogP contribution in [-0.2, 0) is 18.4 Å². The summed E-state index contributed by atoms with van der Waals surface area (Å²) in [7, 11) is 3.05. The summed E-state index contributed by atoms with van der Waals surface area (Å²) >= 11 is 0. The zero-order valence-corrected chi connectivity index (χ0v) is 17.5. The fourth-order valence-corrected chi connectivity index (χ4v) is 3.30. The smallest absolute Gasteiger partial charge is 0.387 e. The molecule has 0 fully saturated rings. The molecule has 0 bridgehead atoms. The van der Waals surface area contributed by atoms with E-state index in [4.69, 9.17) is 4.74 Å². The van der Waals surface area contributed by atoms with Crippen molar-refractivity contribution in [2.75, 3.05) is 7.11 Å². The summed E-state index contributed by atoms with van der Waals surface area (Å²) < 4.78 is 35.8. The maximum atomic E-state index is 12.4. The van der Waals surface area contributed by atoms with Gasteiger partial charge in [-0.05, 0) is 48.7 Å². The Bertz CT molecular complexity index is 1210. The van der Waals surface area contributed by atoms with Gasteiger partial charge in [0.25, 0.3) is 5.56 Å². The molecular formula is C21H22F2N4O4. The predicted molar refractivity (Wildman–Crippen MR) is 111 cm³/mol. The van der Waals surface area contributed by atoms with E-state index in [1.807, 2.05) is 13.8 Å². The minimum atomic E-state index is -2.96. The fourth-order valence-electron chi connectivity index (χ4n) is 3.30. The lowest BCUT2D eigenvalue weighted by molar-refractivity contribution is -0.116. The summed E-state index contributed by atoms with van der Waals surface area (Å²) in [6.45, 7) is 0.867. The Morgan fingerprint density at radius 2 is 2.06 bits per heavy atom. The zero-order valence-electron chi connectivity index (χ0n) is 17.5. The van der Waals surface area contributed by atoms with Gasteiger partial charge >= 0.3 is 6.61 Å². The number of nitrogens with one attached hydrogen (secondary N) is 2. The lowest BCUT2D eigenvalue weighted by Gasteiger charge is -2.11. The van der Waals surface area contributed by atoms with Gasteiger partial charge in [-0.2, -0.15) is 8.78 Å². The third-order valence-corrected chi connectivity index (χ3v) is 4.85. The van der Waals surface area contributed by atoms with Gasteiger partial charge in [-0.3, -0.25) is 19.4 Å². The van der Waals surface area contributed by atoms with Crippen LogP contribution >= 0.6 is 0 Å². The second-order valence-electron chi connectivity index (χ2n) is 6.84. The number of aromatic amines is 1. The molecule has 31 heavy (non-hydrogen) atoms. The lowest BCUT2D eigenvalue weighted by atomic mass is 10.0. The summed E-state index contributed by atoms with van der Waals surface area (Å²) in [5, 5.41) is 5.94. The molecule has 164 valence electrons. The van der Waals surface area contributed by atoms with E-state index in [-0.39, 0.29) is 29.5 Å². The molecule has 1 aromatic carbocycles. The molecule has 3 aromatic rings. The summed E-state index contributed by atoms with van der Waals surface area (Å²) in [6.07, 6.45) is 2.83. The highest BCUT2D eigenvalue weighted by atomic mass is 19.3. The van der Waals surface area contributed by atoms with Crippen molar-refractivity contribution < 1.29 is 23.0 Å². The van der Waals surface area contributed by atoms with Gasteiger partial charge in [-0.1, -0.05) is 6.07 Å². The highest BCUT2D eigenvalue weighted by Gasteiger charge is 2.15. The molecule has 0 unspecified atom stereocenters. The van der Waals surface area contributed by atoms with Crippen LogP contribution in [-0.4, -0.2) is 34.4 Å². The van der Waals surface area contributed by atoms with E-state index in [2.05, 4.69) is 20.1 Å². The maximum absolute atomic E-state index is 12.4. The average molecular weight is 432 g/mol. The number of alkyl halides is 2. The summed E-state index contributed by atoms with van der Waals surface area (Å²) in [6, 6.07) is 4.35. The predicted octanol–water partition coefficient (Wildman–Crippen LogP) is 2.82. The topological polar surface area (TPSA) is 98.2 Å². The number of carbonyl (C=O) groups excluding carboxylic acids is 1. The Balaban J connectivity index is 1.73. The summed E-state index contributed by atoms with van der Waals surface area (Å²) in [5.74, 6) is -0.335. The molecule has 10 heteroatoms. The number of hydrogen-bond acceptors (Lipinski definition) is 5. The van der Waals surface area contributed by atoms with Crippen molar-refractivity contribution in [1.82, 2.24) is 20.1 Å². The standard InChI is InChI=1S/C21H22F2N4O4/c1-11-14(12(2)25-19-18(11)20(29)26-27(19)3)10-24-17(28)8-6-13-5-7-15(31-21(22)23)16(9-13)30-4/h5-9,21H,10H2,1-4H3,(H,24,28)(H,26,29)/b8-6+. The number of hydrogen-bond donors (Lipinski definition) is 2. The highest BCUT2D eigenvalue weighted by molar-refractivity contribution is 5.92. The number of nitrogens with zero attached hydrogens (tertiary/aromatic N) is 2. The van der Waals surface area contributed by atoms with Crippen LogP contribution in [0, 0.1) is 13.8 Å². The molecule has 2 N–H and O–H groups in total. The maximum Gasteiger partial charge on any atom is 0.387 e. The van der Waals surface area contributed by atoms with Gasteiger partial charge in [0.15, 0.2) is 17.1 Å².